The number of hydrogen-bond acceptors (Lipinski definition) is 4. The number of piperidine rings is 1. The zero-order chi connectivity index (χ0) is 20.3. The molecule has 1 aromatic heterocycles. The van der Waals surface area contributed by atoms with Gasteiger partial charge >= 0.3 is 0 Å². The molecule has 0 unspecified atom stereocenters. The summed E-state index contributed by atoms with van der Waals surface area (Å²) in [6.07, 6.45) is 0.533. The molecule has 2 amide bonds. The molecule has 3 rings (SSSR count). The van der Waals surface area contributed by atoms with Crippen LogP contribution in [0.3, 0.4) is 0 Å². The maximum absolute atomic E-state index is 12.9. The van der Waals surface area contributed by atoms with Gasteiger partial charge < -0.3 is 15.4 Å². The van der Waals surface area contributed by atoms with Crippen molar-refractivity contribution in [3.05, 3.63) is 46.7 Å². The van der Waals surface area contributed by atoms with E-state index in [0.29, 0.717) is 42.5 Å². The SMILES string of the molecule is CCn1nc(C(=O)N2CC[C@H](Oc3cccc(Cl)c3)[C@@H](CC(N)=O)C2)cc1C. The molecule has 0 aliphatic carbocycles. The maximum atomic E-state index is 12.9. The normalized spacial score (nSPS) is 19.5. The van der Waals surface area contributed by atoms with Crippen molar-refractivity contribution in [2.24, 2.45) is 11.7 Å². The van der Waals surface area contributed by atoms with Gasteiger partial charge in [-0.15, -0.1) is 0 Å². The molecular weight excluding hydrogens is 380 g/mol. The number of amides is 2. The minimum absolute atomic E-state index is 0.133. The van der Waals surface area contributed by atoms with E-state index in [4.69, 9.17) is 22.1 Å². The molecule has 7 nitrogen and oxygen atoms in total. The number of rotatable bonds is 6. The van der Waals surface area contributed by atoms with Crippen LogP contribution in [-0.2, 0) is 11.3 Å². The van der Waals surface area contributed by atoms with E-state index in [1.54, 1.807) is 27.8 Å². The minimum Gasteiger partial charge on any atom is -0.490 e. The maximum Gasteiger partial charge on any atom is 0.274 e. The lowest BCUT2D eigenvalue weighted by atomic mass is 9.91. The van der Waals surface area contributed by atoms with Crippen molar-refractivity contribution in [2.75, 3.05) is 13.1 Å². The van der Waals surface area contributed by atoms with E-state index in [-0.39, 0.29) is 24.3 Å². The van der Waals surface area contributed by atoms with Crippen molar-refractivity contribution in [3.63, 3.8) is 0 Å². The summed E-state index contributed by atoms with van der Waals surface area (Å²) >= 11 is 6.03. The Morgan fingerprint density at radius 1 is 1.36 bits per heavy atom. The van der Waals surface area contributed by atoms with E-state index in [9.17, 15) is 9.59 Å². The molecule has 1 aliphatic heterocycles. The second kappa shape index (κ2) is 8.65. The molecule has 1 aromatic carbocycles. The van der Waals surface area contributed by atoms with E-state index in [2.05, 4.69) is 5.10 Å². The molecule has 2 heterocycles. The highest BCUT2D eigenvalue weighted by atomic mass is 35.5. The molecule has 0 saturated carbocycles. The molecule has 150 valence electrons. The van der Waals surface area contributed by atoms with Crippen LogP contribution in [0.2, 0.25) is 5.02 Å². The number of ether oxygens (including phenoxy) is 1. The monoisotopic (exact) mass is 404 g/mol. The molecule has 0 bridgehead atoms. The summed E-state index contributed by atoms with van der Waals surface area (Å²) in [5.41, 5.74) is 6.81. The number of benzene rings is 1. The molecule has 2 aromatic rings. The first-order valence-corrected chi connectivity index (χ1v) is 9.79. The molecule has 1 aliphatic rings. The predicted octanol–water partition coefficient (Wildman–Crippen LogP) is 2.65. The number of carbonyl (C=O) groups excluding carboxylic acids is 2. The Bertz CT molecular complexity index is 867. The third kappa shape index (κ3) is 4.65. The van der Waals surface area contributed by atoms with Crippen LogP contribution >= 0.6 is 11.6 Å². The fraction of sp³-hybridized carbons (Fsp3) is 0.450. The summed E-state index contributed by atoms with van der Waals surface area (Å²) in [6.45, 7) is 5.53. The largest absolute Gasteiger partial charge is 0.490 e. The van der Waals surface area contributed by atoms with Crippen LogP contribution in [0.5, 0.6) is 5.75 Å². The molecular formula is C20H25ClN4O3. The van der Waals surface area contributed by atoms with E-state index in [1.165, 1.54) is 0 Å². The molecule has 2 atom stereocenters. The van der Waals surface area contributed by atoms with Gasteiger partial charge in [-0.05, 0) is 38.1 Å². The summed E-state index contributed by atoms with van der Waals surface area (Å²) in [5.74, 6) is -0.0938. The van der Waals surface area contributed by atoms with Gasteiger partial charge in [0.25, 0.3) is 5.91 Å². The van der Waals surface area contributed by atoms with Gasteiger partial charge in [-0.2, -0.15) is 5.10 Å². The first kappa shape index (κ1) is 20.2. The Hall–Kier alpha value is -2.54. The Morgan fingerprint density at radius 2 is 2.14 bits per heavy atom. The summed E-state index contributed by atoms with van der Waals surface area (Å²) < 4.78 is 7.87. The number of hydrogen-bond donors (Lipinski definition) is 1. The fourth-order valence-electron chi connectivity index (χ4n) is 3.62. The smallest absolute Gasteiger partial charge is 0.274 e. The molecule has 0 radical (unpaired) electrons. The van der Waals surface area contributed by atoms with Gasteiger partial charge in [-0.1, -0.05) is 17.7 Å². The van der Waals surface area contributed by atoms with Crippen molar-refractivity contribution in [2.45, 2.75) is 39.3 Å². The van der Waals surface area contributed by atoms with Gasteiger partial charge in [-0.3, -0.25) is 14.3 Å². The second-order valence-electron chi connectivity index (χ2n) is 7.07. The van der Waals surface area contributed by atoms with Gasteiger partial charge in [0, 0.05) is 49.1 Å². The Balaban J connectivity index is 1.73. The first-order valence-electron chi connectivity index (χ1n) is 9.41. The van der Waals surface area contributed by atoms with Crippen molar-refractivity contribution < 1.29 is 14.3 Å². The number of carbonyl (C=O) groups is 2. The molecule has 8 heteroatoms. The lowest BCUT2D eigenvalue weighted by Crippen LogP contribution is -2.49. The van der Waals surface area contributed by atoms with Crippen molar-refractivity contribution in [3.8, 4) is 5.75 Å². The first-order chi connectivity index (χ1) is 13.4. The number of aryl methyl sites for hydroxylation is 2. The number of aromatic nitrogens is 2. The summed E-state index contributed by atoms with van der Waals surface area (Å²) in [6, 6.07) is 8.94. The molecule has 1 saturated heterocycles. The highest BCUT2D eigenvalue weighted by Crippen LogP contribution is 2.27. The number of primary amides is 1. The second-order valence-corrected chi connectivity index (χ2v) is 7.51. The van der Waals surface area contributed by atoms with E-state index < -0.39 is 5.91 Å². The Morgan fingerprint density at radius 3 is 2.79 bits per heavy atom. The number of nitrogens with two attached hydrogens (primary N) is 1. The average Bonchev–Trinajstić information content (AvgIpc) is 3.03. The number of nitrogens with zero attached hydrogens (tertiary/aromatic N) is 3. The quantitative estimate of drug-likeness (QED) is 0.801. The van der Waals surface area contributed by atoms with Crippen LogP contribution in [0.1, 0.15) is 35.9 Å². The average molecular weight is 405 g/mol. The third-order valence-corrected chi connectivity index (χ3v) is 5.23. The standard InChI is InChI=1S/C20H25ClN4O3/c1-3-25-13(2)9-17(23-25)20(27)24-8-7-18(14(12-24)10-19(22)26)28-16-6-4-5-15(21)11-16/h4-6,9,11,14,18H,3,7-8,10,12H2,1-2H3,(H2,22,26)/t14-,18-/m0/s1. The lowest BCUT2D eigenvalue weighted by molar-refractivity contribution is -0.120. The zero-order valence-electron chi connectivity index (χ0n) is 16.1. The summed E-state index contributed by atoms with van der Waals surface area (Å²) in [4.78, 5) is 26.2. The van der Waals surface area contributed by atoms with Crippen molar-refractivity contribution >= 4 is 23.4 Å². The van der Waals surface area contributed by atoms with Gasteiger partial charge in [0.2, 0.25) is 5.91 Å². The Kier molecular flexibility index (Phi) is 6.24. The predicted molar refractivity (Wildman–Crippen MR) is 106 cm³/mol. The van der Waals surface area contributed by atoms with Crippen LogP contribution < -0.4 is 10.5 Å². The van der Waals surface area contributed by atoms with Gasteiger partial charge in [0.05, 0.1) is 0 Å². The fourth-order valence-corrected chi connectivity index (χ4v) is 3.80. The molecule has 1 fully saturated rings. The van der Waals surface area contributed by atoms with E-state index >= 15 is 0 Å². The number of halogens is 1. The number of likely N-dealkylation sites (tertiary alicyclic amines) is 1. The van der Waals surface area contributed by atoms with Crippen molar-refractivity contribution in [1.29, 1.82) is 0 Å². The highest BCUT2D eigenvalue weighted by Gasteiger charge is 2.35. The van der Waals surface area contributed by atoms with E-state index in [1.807, 2.05) is 26.0 Å². The van der Waals surface area contributed by atoms with Crippen LogP contribution in [0.15, 0.2) is 30.3 Å². The summed E-state index contributed by atoms with van der Waals surface area (Å²) in [5, 5.41) is 4.96. The van der Waals surface area contributed by atoms with Gasteiger partial charge in [0.1, 0.15) is 11.9 Å². The molecule has 28 heavy (non-hydrogen) atoms. The van der Waals surface area contributed by atoms with Gasteiger partial charge in [0.15, 0.2) is 5.69 Å². The van der Waals surface area contributed by atoms with Crippen LogP contribution in [-0.4, -0.2) is 45.7 Å². The highest BCUT2D eigenvalue weighted by molar-refractivity contribution is 6.30. The Labute approximate surface area is 169 Å². The third-order valence-electron chi connectivity index (χ3n) is 5.00. The van der Waals surface area contributed by atoms with E-state index in [0.717, 1.165) is 5.69 Å². The van der Waals surface area contributed by atoms with Crippen LogP contribution in [0.4, 0.5) is 0 Å². The molecule has 2 N–H and O–H groups in total. The van der Waals surface area contributed by atoms with Crippen LogP contribution in [0, 0.1) is 12.8 Å². The van der Waals surface area contributed by atoms with Crippen LogP contribution in [0.25, 0.3) is 0 Å². The topological polar surface area (TPSA) is 90.4 Å². The molecule has 0 spiro atoms. The lowest BCUT2D eigenvalue weighted by Gasteiger charge is -2.38. The summed E-state index contributed by atoms with van der Waals surface area (Å²) in [7, 11) is 0. The zero-order valence-corrected chi connectivity index (χ0v) is 16.9. The van der Waals surface area contributed by atoms with Crippen molar-refractivity contribution in [1.82, 2.24) is 14.7 Å². The van der Waals surface area contributed by atoms with Gasteiger partial charge in [-0.25, -0.2) is 0 Å². The minimum atomic E-state index is -0.412.